The van der Waals surface area contributed by atoms with Gasteiger partial charge in [0.1, 0.15) is 23.5 Å². The van der Waals surface area contributed by atoms with Gasteiger partial charge in [-0.1, -0.05) is 0 Å². The highest BCUT2D eigenvalue weighted by atomic mass is 19.4. The Balaban J connectivity index is 6.19. The van der Waals surface area contributed by atoms with Crippen molar-refractivity contribution in [2.45, 2.75) is 12.4 Å². The molecule has 0 spiro atoms. The maximum Gasteiger partial charge on any atom is 0.432 e. The maximum absolute atomic E-state index is 12.2. The largest absolute Gasteiger partial charge is 0.432 e. The summed E-state index contributed by atoms with van der Waals surface area (Å²) >= 11 is 0. The molecule has 0 aliphatic heterocycles. The number of nitrogens with zero attached hydrogens (tertiary/aromatic N) is 2. The molecule has 98 valence electrons. The second kappa shape index (κ2) is 4.87. The van der Waals surface area contributed by atoms with Crippen LogP contribution >= 0.6 is 0 Å². The lowest BCUT2D eigenvalue weighted by Gasteiger charge is -2.12. The van der Waals surface area contributed by atoms with Crippen LogP contribution in [0.2, 0.25) is 0 Å². The number of rotatable bonds is 1. The van der Waals surface area contributed by atoms with E-state index in [9.17, 15) is 26.3 Å². The second-order valence-corrected chi connectivity index (χ2v) is 2.80. The number of nitriles is 2. The summed E-state index contributed by atoms with van der Waals surface area (Å²) in [5.41, 5.74) is 1.41. The van der Waals surface area contributed by atoms with Gasteiger partial charge < -0.3 is 11.5 Å². The highest BCUT2D eigenvalue weighted by Crippen LogP contribution is 2.31. The Labute approximate surface area is 96.4 Å². The van der Waals surface area contributed by atoms with Crippen molar-refractivity contribution in [1.29, 1.82) is 10.5 Å². The highest BCUT2D eigenvalue weighted by molar-refractivity contribution is 5.55. The molecule has 0 radical (unpaired) electrons. The predicted molar refractivity (Wildman–Crippen MR) is 45.8 cm³/mol. The van der Waals surface area contributed by atoms with Crippen molar-refractivity contribution in [3.63, 3.8) is 0 Å². The number of halogens is 6. The Morgan fingerprint density at radius 2 is 0.944 bits per heavy atom. The van der Waals surface area contributed by atoms with Gasteiger partial charge in [-0.15, -0.1) is 0 Å². The molecule has 0 saturated carbocycles. The van der Waals surface area contributed by atoms with Gasteiger partial charge in [0.25, 0.3) is 0 Å². The molecule has 4 nitrogen and oxygen atoms in total. The molecule has 0 bridgehead atoms. The van der Waals surface area contributed by atoms with Gasteiger partial charge in [-0.05, 0) is 0 Å². The number of alkyl halides is 6. The van der Waals surface area contributed by atoms with E-state index in [0.29, 0.717) is 0 Å². The predicted octanol–water partition coefficient (Wildman–Crippen LogP) is 1.58. The Morgan fingerprint density at radius 1 is 0.722 bits per heavy atom. The average molecular weight is 270 g/mol. The van der Waals surface area contributed by atoms with Gasteiger partial charge in [-0.25, -0.2) is 0 Å². The SMILES string of the molecule is N#CC(/C(C#N)=C(/N)C(F)(F)F)=C(\N)C(F)(F)F. The third-order valence-electron chi connectivity index (χ3n) is 1.62. The second-order valence-electron chi connectivity index (χ2n) is 2.80. The van der Waals surface area contributed by atoms with Crippen LogP contribution in [0.1, 0.15) is 0 Å². The molecule has 10 heteroatoms. The van der Waals surface area contributed by atoms with E-state index in [1.807, 2.05) is 0 Å². The number of allylic oxidation sites excluding steroid dienone is 4. The number of nitrogens with two attached hydrogens (primary N) is 2. The smallest absolute Gasteiger partial charge is 0.394 e. The Hall–Kier alpha value is -2.36. The van der Waals surface area contributed by atoms with E-state index >= 15 is 0 Å². The van der Waals surface area contributed by atoms with Gasteiger partial charge in [-0.3, -0.25) is 0 Å². The third kappa shape index (κ3) is 3.31. The highest BCUT2D eigenvalue weighted by Gasteiger charge is 2.40. The molecule has 0 aromatic heterocycles. The molecule has 0 fully saturated rings. The Morgan fingerprint density at radius 3 is 1.06 bits per heavy atom. The van der Waals surface area contributed by atoms with Gasteiger partial charge in [-0.2, -0.15) is 36.9 Å². The van der Waals surface area contributed by atoms with E-state index in [1.165, 1.54) is 0 Å². The molecule has 0 aliphatic carbocycles. The van der Waals surface area contributed by atoms with Gasteiger partial charge in [0.05, 0.1) is 11.1 Å². The van der Waals surface area contributed by atoms with Crippen molar-refractivity contribution in [2.75, 3.05) is 0 Å². The fourth-order valence-corrected chi connectivity index (χ4v) is 0.785. The summed E-state index contributed by atoms with van der Waals surface area (Å²) in [7, 11) is 0. The Bertz CT molecular complexity index is 436. The zero-order chi connectivity index (χ0) is 14.7. The first-order valence-corrected chi connectivity index (χ1v) is 3.91. The molecule has 0 saturated heterocycles. The lowest BCUT2D eigenvalue weighted by molar-refractivity contribution is -0.0956. The molecular weight excluding hydrogens is 266 g/mol. The fourth-order valence-electron chi connectivity index (χ4n) is 0.785. The van der Waals surface area contributed by atoms with Gasteiger partial charge >= 0.3 is 12.4 Å². The third-order valence-corrected chi connectivity index (χ3v) is 1.62. The molecule has 0 unspecified atom stereocenters. The minimum Gasteiger partial charge on any atom is -0.394 e. The fraction of sp³-hybridized carbons (Fsp3) is 0.250. The molecule has 18 heavy (non-hydrogen) atoms. The lowest BCUT2D eigenvalue weighted by Crippen LogP contribution is -2.26. The monoisotopic (exact) mass is 270 g/mol. The molecule has 0 atom stereocenters. The van der Waals surface area contributed by atoms with E-state index in [-0.39, 0.29) is 0 Å². The molecule has 0 aliphatic rings. The van der Waals surface area contributed by atoms with Crippen molar-refractivity contribution in [1.82, 2.24) is 0 Å². The summed E-state index contributed by atoms with van der Waals surface area (Å²) in [6, 6.07) is 1.57. The minimum absolute atomic E-state index is 0.787. The molecule has 0 amide bonds. The summed E-state index contributed by atoms with van der Waals surface area (Å²) in [6.07, 6.45) is -10.5. The van der Waals surface area contributed by atoms with Crippen LogP contribution in [0.5, 0.6) is 0 Å². The zero-order valence-electron chi connectivity index (χ0n) is 8.32. The summed E-state index contributed by atoms with van der Waals surface area (Å²) in [5, 5.41) is 16.8. The van der Waals surface area contributed by atoms with Crippen LogP contribution in [0.4, 0.5) is 26.3 Å². The zero-order valence-corrected chi connectivity index (χ0v) is 8.32. The molecule has 0 aromatic carbocycles. The first kappa shape index (κ1) is 15.6. The van der Waals surface area contributed by atoms with E-state index < -0.39 is 34.9 Å². The van der Waals surface area contributed by atoms with Crippen molar-refractivity contribution in [3.8, 4) is 12.1 Å². The van der Waals surface area contributed by atoms with Crippen molar-refractivity contribution < 1.29 is 26.3 Å². The first-order valence-electron chi connectivity index (χ1n) is 3.91. The number of hydrogen-bond acceptors (Lipinski definition) is 4. The molecule has 0 aromatic rings. The normalized spacial score (nSPS) is 15.1. The maximum atomic E-state index is 12.2. The molecule has 0 rings (SSSR count). The quantitative estimate of drug-likeness (QED) is 0.429. The van der Waals surface area contributed by atoms with E-state index in [0.717, 1.165) is 12.1 Å². The molecule has 0 heterocycles. The van der Waals surface area contributed by atoms with Crippen LogP contribution in [-0.4, -0.2) is 12.4 Å². The standard InChI is InChI=1S/C8H4F6N4/c9-7(10,11)5(17)3(1-15)4(2-16)6(18)8(12,13)14/h17-18H2/b5-3+,6-4+. The summed E-state index contributed by atoms with van der Waals surface area (Å²) in [4.78, 5) is 0. The summed E-state index contributed by atoms with van der Waals surface area (Å²) < 4.78 is 72.9. The minimum atomic E-state index is -5.25. The van der Waals surface area contributed by atoms with Crippen LogP contribution in [0, 0.1) is 22.7 Å². The molecular formula is C8H4F6N4. The average Bonchev–Trinajstić information content (AvgIpc) is 2.21. The summed E-state index contributed by atoms with van der Waals surface area (Å²) in [6.45, 7) is 0. The van der Waals surface area contributed by atoms with Crippen molar-refractivity contribution >= 4 is 0 Å². The Kier molecular flexibility index (Phi) is 4.23. The van der Waals surface area contributed by atoms with Crippen molar-refractivity contribution in [3.05, 3.63) is 22.5 Å². The van der Waals surface area contributed by atoms with Gasteiger partial charge in [0.15, 0.2) is 0 Å². The topological polar surface area (TPSA) is 99.6 Å². The van der Waals surface area contributed by atoms with Crippen LogP contribution in [-0.2, 0) is 0 Å². The van der Waals surface area contributed by atoms with Crippen molar-refractivity contribution in [2.24, 2.45) is 11.5 Å². The van der Waals surface area contributed by atoms with Crippen LogP contribution in [0.15, 0.2) is 22.5 Å². The first-order chi connectivity index (χ1) is 7.96. The van der Waals surface area contributed by atoms with Crippen LogP contribution in [0.25, 0.3) is 0 Å². The molecule has 4 N–H and O–H groups in total. The van der Waals surface area contributed by atoms with E-state index in [4.69, 9.17) is 10.5 Å². The number of hydrogen-bond donors (Lipinski definition) is 2. The van der Waals surface area contributed by atoms with E-state index in [2.05, 4.69) is 11.5 Å². The lowest BCUT2D eigenvalue weighted by atomic mass is 10.0. The van der Waals surface area contributed by atoms with Crippen LogP contribution < -0.4 is 11.5 Å². The summed E-state index contributed by atoms with van der Waals surface area (Å²) in [5.74, 6) is 0. The van der Waals surface area contributed by atoms with Crippen LogP contribution in [0.3, 0.4) is 0 Å². The van der Waals surface area contributed by atoms with Gasteiger partial charge in [0, 0.05) is 0 Å². The van der Waals surface area contributed by atoms with E-state index in [1.54, 1.807) is 0 Å². The van der Waals surface area contributed by atoms with Gasteiger partial charge in [0.2, 0.25) is 0 Å².